The molecule has 0 saturated carbocycles. The standard InChI is InChI=1S/C25H30N2O5S/c1-24(2,3)33(32)27-15-18-14-19(23(29)30)26-22(21(18)20(27)10-12-28)17-8-6-7-16(13-17)9-11-25(4,5)31/h6-8,13-14,20,28,31H,10,12,15H2,1-5H3,(H,29,30)/t20-,33?/m1/s1. The number of aromatic nitrogens is 1. The van der Waals surface area contributed by atoms with Gasteiger partial charge in [0.1, 0.15) is 22.3 Å². The molecule has 1 aromatic carbocycles. The fraction of sp³-hybridized carbons (Fsp3) is 0.440. The van der Waals surface area contributed by atoms with Crippen molar-refractivity contribution < 1.29 is 24.3 Å². The van der Waals surface area contributed by atoms with Gasteiger partial charge < -0.3 is 15.3 Å². The van der Waals surface area contributed by atoms with E-state index in [4.69, 9.17) is 0 Å². The lowest BCUT2D eigenvalue weighted by atomic mass is 9.95. The van der Waals surface area contributed by atoms with Crippen LogP contribution in [0.5, 0.6) is 0 Å². The summed E-state index contributed by atoms with van der Waals surface area (Å²) in [4.78, 5) is 16.3. The monoisotopic (exact) mass is 470 g/mol. The minimum Gasteiger partial charge on any atom is -0.477 e. The molecule has 2 heterocycles. The topological polar surface area (TPSA) is 111 Å². The van der Waals surface area contributed by atoms with Crippen LogP contribution in [-0.2, 0) is 17.5 Å². The van der Waals surface area contributed by atoms with Crippen LogP contribution >= 0.6 is 0 Å². The second kappa shape index (κ2) is 9.35. The van der Waals surface area contributed by atoms with Crippen molar-refractivity contribution in [2.24, 2.45) is 0 Å². The Morgan fingerprint density at radius 3 is 2.52 bits per heavy atom. The van der Waals surface area contributed by atoms with E-state index in [1.165, 1.54) is 6.07 Å². The molecule has 1 aliphatic heterocycles. The molecule has 2 aromatic rings. The summed E-state index contributed by atoms with van der Waals surface area (Å²) in [6, 6.07) is 8.38. The number of benzene rings is 1. The van der Waals surface area contributed by atoms with Crippen LogP contribution in [0.15, 0.2) is 30.3 Å². The molecule has 0 saturated heterocycles. The van der Waals surface area contributed by atoms with Crippen LogP contribution in [0.2, 0.25) is 0 Å². The van der Waals surface area contributed by atoms with E-state index in [0.717, 1.165) is 11.1 Å². The van der Waals surface area contributed by atoms with Gasteiger partial charge in [0, 0.05) is 29.8 Å². The lowest BCUT2D eigenvalue weighted by molar-refractivity contribution is 0.0690. The summed E-state index contributed by atoms with van der Waals surface area (Å²) in [5.41, 5.74) is 2.07. The normalized spacial score (nSPS) is 17.2. The zero-order valence-corrected chi connectivity index (χ0v) is 20.4. The van der Waals surface area contributed by atoms with Crippen molar-refractivity contribution in [1.29, 1.82) is 0 Å². The van der Waals surface area contributed by atoms with Crippen molar-refractivity contribution >= 4 is 17.0 Å². The largest absolute Gasteiger partial charge is 0.477 e. The molecule has 0 amide bonds. The Morgan fingerprint density at radius 1 is 1.24 bits per heavy atom. The minimum absolute atomic E-state index is 0.0946. The number of carboxylic acids is 1. The van der Waals surface area contributed by atoms with Crippen LogP contribution in [0.25, 0.3) is 11.3 Å². The third kappa shape index (κ3) is 5.68. The van der Waals surface area contributed by atoms with Gasteiger partial charge in [-0.15, -0.1) is 0 Å². The van der Waals surface area contributed by atoms with E-state index in [1.54, 1.807) is 32.0 Å². The molecule has 1 unspecified atom stereocenters. The summed E-state index contributed by atoms with van der Waals surface area (Å²) in [7, 11) is -1.37. The van der Waals surface area contributed by atoms with Gasteiger partial charge in [0.2, 0.25) is 0 Å². The number of nitrogens with zero attached hydrogens (tertiary/aromatic N) is 2. The van der Waals surface area contributed by atoms with Gasteiger partial charge in [-0.2, -0.15) is 0 Å². The highest BCUT2D eigenvalue weighted by Gasteiger charge is 2.40. The molecule has 3 N–H and O–H groups in total. The van der Waals surface area contributed by atoms with Crippen LogP contribution in [-0.4, -0.2) is 51.7 Å². The van der Waals surface area contributed by atoms with E-state index in [0.29, 0.717) is 29.8 Å². The Bertz CT molecular complexity index is 1150. The third-order valence-electron chi connectivity index (χ3n) is 5.16. The maximum Gasteiger partial charge on any atom is 0.354 e. The Labute approximate surface area is 197 Å². The van der Waals surface area contributed by atoms with Crippen LogP contribution in [0, 0.1) is 11.8 Å². The van der Waals surface area contributed by atoms with Crippen molar-refractivity contribution in [2.45, 2.75) is 64.0 Å². The maximum absolute atomic E-state index is 13.3. The maximum atomic E-state index is 13.3. The summed E-state index contributed by atoms with van der Waals surface area (Å²) in [5, 5.41) is 29.4. The highest BCUT2D eigenvalue weighted by Crippen LogP contribution is 2.44. The molecule has 176 valence electrons. The Balaban J connectivity index is 2.20. The predicted octanol–water partition coefficient (Wildman–Crippen LogP) is 3.27. The van der Waals surface area contributed by atoms with E-state index in [-0.39, 0.29) is 18.3 Å². The lowest BCUT2D eigenvalue weighted by Crippen LogP contribution is -2.36. The molecule has 1 aromatic heterocycles. The molecule has 3 rings (SSSR count). The van der Waals surface area contributed by atoms with Crippen LogP contribution < -0.4 is 0 Å². The molecule has 0 fully saturated rings. The number of aliphatic hydroxyl groups is 2. The van der Waals surface area contributed by atoms with Crippen LogP contribution in [0.3, 0.4) is 0 Å². The van der Waals surface area contributed by atoms with Gasteiger partial charge in [-0.3, -0.25) is 0 Å². The zero-order chi connectivity index (χ0) is 24.6. The van der Waals surface area contributed by atoms with Gasteiger partial charge in [0.25, 0.3) is 0 Å². The molecule has 2 atom stereocenters. The summed E-state index contributed by atoms with van der Waals surface area (Å²) in [6.07, 6.45) is 0.341. The number of pyridine rings is 1. The fourth-order valence-corrected chi connectivity index (χ4v) is 5.17. The van der Waals surface area contributed by atoms with Crippen molar-refractivity contribution in [3.05, 3.63) is 52.7 Å². The van der Waals surface area contributed by atoms with E-state index in [2.05, 4.69) is 16.8 Å². The summed E-state index contributed by atoms with van der Waals surface area (Å²) >= 11 is 0. The first-order valence-corrected chi connectivity index (χ1v) is 11.8. The first kappa shape index (κ1) is 25.1. The molecule has 7 nitrogen and oxygen atoms in total. The predicted molar refractivity (Wildman–Crippen MR) is 128 cm³/mol. The smallest absolute Gasteiger partial charge is 0.354 e. The first-order chi connectivity index (χ1) is 15.3. The third-order valence-corrected chi connectivity index (χ3v) is 7.02. The molecule has 0 radical (unpaired) electrons. The van der Waals surface area contributed by atoms with Crippen molar-refractivity contribution in [3.63, 3.8) is 0 Å². The van der Waals surface area contributed by atoms with E-state index in [1.807, 2.05) is 31.1 Å². The number of fused-ring (bicyclic) bond motifs is 1. The van der Waals surface area contributed by atoms with Gasteiger partial charge in [-0.1, -0.05) is 24.0 Å². The quantitative estimate of drug-likeness (QED) is 0.579. The number of rotatable bonds is 5. The molecule has 0 aliphatic carbocycles. The van der Waals surface area contributed by atoms with E-state index in [9.17, 15) is 24.3 Å². The molecule has 1 aliphatic rings. The summed E-state index contributed by atoms with van der Waals surface area (Å²) < 4.78 is 14.6. The summed E-state index contributed by atoms with van der Waals surface area (Å²) in [6.45, 7) is 9.03. The fourth-order valence-electron chi connectivity index (χ4n) is 3.77. The second-order valence-electron chi connectivity index (χ2n) is 9.59. The van der Waals surface area contributed by atoms with E-state index >= 15 is 0 Å². The average Bonchev–Trinajstić information content (AvgIpc) is 3.08. The molecule has 0 bridgehead atoms. The second-order valence-corrected chi connectivity index (χ2v) is 11.8. The molecular weight excluding hydrogens is 440 g/mol. The molecule has 0 spiro atoms. The average molecular weight is 471 g/mol. The highest BCUT2D eigenvalue weighted by molar-refractivity contribution is 7.84. The summed E-state index contributed by atoms with van der Waals surface area (Å²) in [5.74, 6) is 4.57. The van der Waals surface area contributed by atoms with E-state index < -0.39 is 27.3 Å². The Kier molecular flexibility index (Phi) is 7.10. The van der Waals surface area contributed by atoms with Gasteiger partial charge in [0.15, 0.2) is 0 Å². The van der Waals surface area contributed by atoms with Gasteiger partial charge in [0.05, 0.1) is 16.5 Å². The van der Waals surface area contributed by atoms with Crippen LogP contribution in [0.1, 0.15) is 74.3 Å². The lowest BCUT2D eigenvalue weighted by Gasteiger charge is -2.30. The van der Waals surface area contributed by atoms with Crippen molar-refractivity contribution in [2.75, 3.05) is 6.61 Å². The number of aromatic carboxylic acids is 1. The van der Waals surface area contributed by atoms with Crippen molar-refractivity contribution in [3.8, 4) is 23.1 Å². The van der Waals surface area contributed by atoms with Gasteiger partial charge in [-0.25, -0.2) is 18.3 Å². The zero-order valence-electron chi connectivity index (χ0n) is 19.5. The molecule has 8 heteroatoms. The molecule has 33 heavy (non-hydrogen) atoms. The Hall–Kier alpha value is -2.57. The number of carboxylic acid groups (broad SMARTS) is 1. The highest BCUT2D eigenvalue weighted by atomic mass is 32.2. The molecular formula is C25H30N2O5S. The van der Waals surface area contributed by atoms with Gasteiger partial charge >= 0.3 is 5.97 Å². The number of hydrogen-bond donors (Lipinski definition) is 3. The number of aliphatic hydroxyl groups excluding tert-OH is 1. The van der Waals surface area contributed by atoms with Crippen molar-refractivity contribution in [1.82, 2.24) is 9.29 Å². The SMILES string of the molecule is CC(C)(O)C#Cc1cccc(-c2nc(C(=O)O)cc3c2[C@@H](CCO)N(S(=O)C(C)(C)C)C3)c1. The number of hydrogen-bond acceptors (Lipinski definition) is 5. The Morgan fingerprint density at radius 2 is 1.94 bits per heavy atom. The van der Waals surface area contributed by atoms with Crippen LogP contribution in [0.4, 0.5) is 0 Å². The minimum atomic E-state index is -1.37. The van der Waals surface area contributed by atoms with Gasteiger partial charge in [-0.05, 0) is 64.8 Å². The number of carbonyl (C=O) groups is 1. The first-order valence-electron chi connectivity index (χ1n) is 10.7.